The van der Waals surface area contributed by atoms with Crippen molar-refractivity contribution in [2.24, 2.45) is 5.92 Å². The lowest BCUT2D eigenvalue weighted by atomic mass is 9.96. The number of hydrogen-bond donors (Lipinski definition) is 2. The Morgan fingerprint density at radius 3 is 2.55 bits per heavy atom. The number of benzene rings is 1. The number of aliphatic hydroxyl groups is 1. The Bertz CT molecular complexity index is 481. The quantitative estimate of drug-likeness (QED) is 0.581. The van der Waals surface area contributed by atoms with Crippen molar-refractivity contribution in [1.82, 2.24) is 0 Å². The first-order chi connectivity index (χ1) is 9.40. The van der Waals surface area contributed by atoms with E-state index in [4.69, 9.17) is 0 Å². The molecule has 0 spiro atoms. The molecule has 7 heteroatoms. The molecule has 0 aromatic heterocycles. The highest BCUT2D eigenvalue weighted by atomic mass is 79.9. The summed E-state index contributed by atoms with van der Waals surface area (Å²) in [5, 5.41) is 23.7. The third-order valence-electron chi connectivity index (χ3n) is 3.33. The largest absolute Gasteiger partial charge is 0.391 e. The maximum atomic E-state index is 13.3. The number of nitrogens with zero attached hydrogens (tertiary/aromatic N) is 1. The van der Waals surface area contributed by atoms with Crippen molar-refractivity contribution in [3.8, 4) is 0 Å². The molecule has 0 heterocycles. The summed E-state index contributed by atoms with van der Waals surface area (Å²) in [6.07, 6.45) is 1.05. The van der Waals surface area contributed by atoms with Gasteiger partial charge in [0.05, 0.1) is 21.6 Å². The lowest BCUT2D eigenvalue weighted by Gasteiger charge is -2.20. The van der Waals surface area contributed by atoms with E-state index in [2.05, 4.69) is 21.2 Å². The molecule has 0 radical (unpaired) electrons. The van der Waals surface area contributed by atoms with Crippen molar-refractivity contribution in [3.63, 3.8) is 0 Å². The van der Waals surface area contributed by atoms with Crippen molar-refractivity contribution < 1.29 is 14.4 Å². The number of anilines is 1. The van der Waals surface area contributed by atoms with E-state index >= 15 is 0 Å². The molecule has 5 nitrogen and oxygen atoms in total. The van der Waals surface area contributed by atoms with Gasteiger partial charge < -0.3 is 10.4 Å². The molecule has 0 aliphatic heterocycles. The van der Waals surface area contributed by atoms with Crippen molar-refractivity contribution >= 4 is 27.3 Å². The first-order valence-electron chi connectivity index (χ1n) is 6.46. The van der Waals surface area contributed by atoms with Crippen LogP contribution >= 0.6 is 15.9 Å². The molecule has 0 fully saturated rings. The lowest BCUT2D eigenvalue weighted by molar-refractivity contribution is -0.384. The number of hydrogen-bond acceptors (Lipinski definition) is 4. The van der Waals surface area contributed by atoms with Crippen LogP contribution in [0.1, 0.15) is 26.7 Å². The Morgan fingerprint density at radius 1 is 1.45 bits per heavy atom. The minimum absolute atomic E-state index is 0.130. The number of nitro groups is 1. The maximum Gasteiger partial charge on any atom is 0.295 e. The van der Waals surface area contributed by atoms with Gasteiger partial charge in [-0.3, -0.25) is 10.1 Å². The van der Waals surface area contributed by atoms with Gasteiger partial charge in [0.1, 0.15) is 11.5 Å². The SMILES string of the molecule is CCC(CC)C(O)CNc1cc(Br)c(F)cc1[N+](=O)[O-]. The van der Waals surface area contributed by atoms with Crippen LogP contribution in [0.5, 0.6) is 0 Å². The summed E-state index contributed by atoms with van der Waals surface area (Å²) in [4.78, 5) is 10.2. The predicted molar refractivity (Wildman–Crippen MR) is 79.3 cm³/mol. The van der Waals surface area contributed by atoms with Crippen molar-refractivity contribution in [1.29, 1.82) is 0 Å². The van der Waals surface area contributed by atoms with Crippen LogP contribution in [0.2, 0.25) is 0 Å². The van der Waals surface area contributed by atoms with Gasteiger partial charge >= 0.3 is 0 Å². The van der Waals surface area contributed by atoms with Crippen LogP contribution in [-0.4, -0.2) is 22.7 Å². The second kappa shape index (κ2) is 7.54. The Kier molecular flexibility index (Phi) is 6.35. The molecule has 112 valence electrons. The van der Waals surface area contributed by atoms with E-state index in [0.717, 1.165) is 18.9 Å². The minimum Gasteiger partial charge on any atom is -0.391 e. The number of aliphatic hydroxyl groups excluding tert-OH is 1. The summed E-state index contributed by atoms with van der Waals surface area (Å²) in [5.41, 5.74) is -0.157. The average Bonchev–Trinajstić information content (AvgIpc) is 2.40. The van der Waals surface area contributed by atoms with Gasteiger partial charge in [-0.2, -0.15) is 0 Å². The number of halogens is 2. The van der Waals surface area contributed by atoms with E-state index < -0.39 is 16.8 Å². The molecule has 0 saturated heterocycles. The summed E-state index contributed by atoms with van der Waals surface area (Å²) in [5.74, 6) is -0.562. The molecule has 0 aliphatic rings. The topological polar surface area (TPSA) is 75.4 Å². The van der Waals surface area contributed by atoms with Crippen LogP contribution in [0.15, 0.2) is 16.6 Å². The fraction of sp³-hybridized carbons (Fsp3) is 0.538. The molecular weight excluding hydrogens is 331 g/mol. The van der Waals surface area contributed by atoms with E-state index in [-0.39, 0.29) is 28.3 Å². The molecule has 0 amide bonds. The molecular formula is C13H18BrFN2O3. The Labute approximate surface area is 125 Å². The standard InChI is InChI=1S/C13H18BrFN2O3/c1-3-8(4-2)13(18)7-16-11-5-9(14)10(15)6-12(11)17(19)20/h5-6,8,13,16,18H,3-4,7H2,1-2H3. The van der Waals surface area contributed by atoms with Crippen LogP contribution in [-0.2, 0) is 0 Å². The van der Waals surface area contributed by atoms with Gasteiger partial charge in [0.15, 0.2) is 0 Å². The van der Waals surface area contributed by atoms with E-state index in [1.165, 1.54) is 6.07 Å². The Hall–Kier alpha value is -1.21. The zero-order valence-electron chi connectivity index (χ0n) is 11.4. The molecule has 2 N–H and O–H groups in total. The van der Waals surface area contributed by atoms with Gasteiger partial charge in [0.25, 0.3) is 5.69 Å². The van der Waals surface area contributed by atoms with Crippen LogP contribution in [0.3, 0.4) is 0 Å². The molecule has 1 atom stereocenters. The van der Waals surface area contributed by atoms with Gasteiger partial charge in [-0.1, -0.05) is 26.7 Å². The first-order valence-corrected chi connectivity index (χ1v) is 7.25. The average molecular weight is 349 g/mol. The van der Waals surface area contributed by atoms with Crippen molar-refractivity contribution in [2.75, 3.05) is 11.9 Å². The number of nitro benzene ring substituents is 1. The van der Waals surface area contributed by atoms with Crippen LogP contribution in [0, 0.1) is 21.8 Å². The lowest BCUT2D eigenvalue weighted by Crippen LogP contribution is -2.27. The fourth-order valence-corrected chi connectivity index (χ4v) is 2.39. The first kappa shape index (κ1) is 16.8. The van der Waals surface area contributed by atoms with E-state index in [1.54, 1.807) is 0 Å². The van der Waals surface area contributed by atoms with E-state index in [1.807, 2.05) is 13.8 Å². The highest BCUT2D eigenvalue weighted by Gasteiger charge is 2.20. The zero-order valence-corrected chi connectivity index (χ0v) is 13.0. The molecule has 1 rings (SSSR count). The number of nitrogens with one attached hydrogen (secondary N) is 1. The highest BCUT2D eigenvalue weighted by Crippen LogP contribution is 2.30. The van der Waals surface area contributed by atoms with Gasteiger partial charge in [0, 0.05) is 6.54 Å². The third kappa shape index (κ3) is 4.14. The second-order valence-electron chi connectivity index (χ2n) is 4.57. The van der Waals surface area contributed by atoms with Crippen LogP contribution in [0.4, 0.5) is 15.8 Å². The number of rotatable bonds is 7. The zero-order chi connectivity index (χ0) is 15.3. The molecule has 0 aliphatic carbocycles. The van der Waals surface area contributed by atoms with Gasteiger partial charge in [-0.05, 0) is 27.9 Å². The molecule has 1 unspecified atom stereocenters. The third-order valence-corrected chi connectivity index (χ3v) is 3.94. The summed E-state index contributed by atoms with van der Waals surface area (Å²) in [6.45, 7) is 4.15. The normalized spacial score (nSPS) is 12.5. The molecule has 0 saturated carbocycles. The Morgan fingerprint density at radius 2 is 2.05 bits per heavy atom. The van der Waals surface area contributed by atoms with Crippen molar-refractivity contribution in [3.05, 3.63) is 32.5 Å². The van der Waals surface area contributed by atoms with Crippen LogP contribution in [0.25, 0.3) is 0 Å². The highest BCUT2D eigenvalue weighted by molar-refractivity contribution is 9.10. The van der Waals surface area contributed by atoms with Crippen LogP contribution < -0.4 is 5.32 Å². The van der Waals surface area contributed by atoms with Gasteiger partial charge in [-0.25, -0.2) is 4.39 Å². The summed E-state index contributed by atoms with van der Waals surface area (Å²) < 4.78 is 13.5. The minimum atomic E-state index is -0.692. The molecule has 20 heavy (non-hydrogen) atoms. The monoisotopic (exact) mass is 348 g/mol. The van der Waals surface area contributed by atoms with Gasteiger partial charge in [-0.15, -0.1) is 0 Å². The Balaban J connectivity index is 2.87. The van der Waals surface area contributed by atoms with Gasteiger partial charge in [0.2, 0.25) is 0 Å². The second-order valence-corrected chi connectivity index (χ2v) is 5.42. The summed E-state index contributed by atoms with van der Waals surface area (Å²) >= 11 is 2.99. The smallest absolute Gasteiger partial charge is 0.295 e. The van der Waals surface area contributed by atoms with E-state index in [0.29, 0.717) is 0 Å². The molecule has 0 bridgehead atoms. The fourth-order valence-electron chi connectivity index (χ4n) is 2.04. The van der Waals surface area contributed by atoms with E-state index in [9.17, 15) is 19.6 Å². The van der Waals surface area contributed by atoms with Crippen molar-refractivity contribution in [2.45, 2.75) is 32.8 Å². The molecule has 1 aromatic rings. The maximum absolute atomic E-state index is 13.3. The predicted octanol–water partition coefficient (Wildman–Crippen LogP) is 3.71. The molecule has 1 aromatic carbocycles. The summed E-state index contributed by atoms with van der Waals surface area (Å²) in [6, 6.07) is 2.17. The summed E-state index contributed by atoms with van der Waals surface area (Å²) in [7, 11) is 0.